The summed E-state index contributed by atoms with van der Waals surface area (Å²) in [6, 6.07) is -0.826. The number of esters is 2. The van der Waals surface area contributed by atoms with E-state index < -0.39 is 6.04 Å². The highest BCUT2D eigenvalue weighted by Gasteiger charge is 2.27. The first-order valence-electron chi connectivity index (χ1n) is 28.6. The molecule has 6 nitrogen and oxygen atoms in total. The minimum atomic E-state index is -0.826. The average Bonchev–Trinajstić information content (AvgIpc) is 3.27. The van der Waals surface area contributed by atoms with Gasteiger partial charge in [-0.3, -0.25) is 9.59 Å². The van der Waals surface area contributed by atoms with Crippen molar-refractivity contribution in [2.75, 3.05) is 0 Å². The quantitative estimate of drug-likeness (QED) is 0.0486. The number of hydrogen-bond acceptors (Lipinski definition) is 5. The van der Waals surface area contributed by atoms with Crippen molar-refractivity contribution < 1.29 is 23.9 Å². The Hall–Kier alpha value is -1.59. The largest absolute Gasteiger partial charge is 0.462 e. The van der Waals surface area contributed by atoms with E-state index in [0.29, 0.717) is 6.42 Å². The van der Waals surface area contributed by atoms with Crippen molar-refractivity contribution in [3.05, 3.63) is 0 Å². The molecule has 0 aromatic heterocycles. The summed E-state index contributed by atoms with van der Waals surface area (Å²) in [6.45, 7) is 11.3. The molecule has 0 saturated heterocycles. The van der Waals surface area contributed by atoms with Crippen LogP contribution in [-0.4, -0.2) is 36.1 Å². The third-order valence-corrected chi connectivity index (χ3v) is 13.4. The zero-order chi connectivity index (χ0) is 46.1. The summed E-state index contributed by atoms with van der Waals surface area (Å²) in [5.74, 6) is -0.719. The van der Waals surface area contributed by atoms with Crippen molar-refractivity contribution in [2.45, 2.75) is 348 Å². The molecule has 0 spiro atoms. The predicted molar refractivity (Wildman–Crippen MR) is 272 cm³/mol. The molecule has 374 valence electrons. The van der Waals surface area contributed by atoms with E-state index in [9.17, 15) is 14.4 Å². The summed E-state index contributed by atoms with van der Waals surface area (Å²) in [5.41, 5.74) is 0. The minimum Gasteiger partial charge on any atom is -0.462 e. The highest BCUT2D eigenvalue weighted by Crippen LogP contribution is 2.21. The van der Waals surface area contributed by atoms with Gasteiger partial charge in [0.15, 0.2) is 0 Å². The van der Waals surface area contributed by atoms with Crippen LogP contribution in [0.1, 0.15) is 330 Å². The monoisotopic (exact) mass is 890 g/mol. The highest BCUT2D eigenvalue weighted by atomic mass is 16.5. The van der Waals surface area contributed by atoms with Crippen molar-refractivity contribution in [3.63, 3.8) is 0 Å². The zero-order valence-electron chi connectivity index (χ0n) is 43.3. The second-order valence-corrected chi connectivity index (χ2v) is 19.8. The van der Waals surface area contributed by atoms with Gasteiger partial charge in [-0.2, -0.15) is 0 Å². The Morgan fingerprint density at radius 3 is 0.905 bits per heavy atom. The Morgan fingerprint density at radius 2 is 0.587 bits per heavy atom. The van der Waals surface area contributed by atoms with E-state index in [0.717, 1.165) is 77.0 Å². The lowest BCUT2D eigenvalue weighted by atomic mass is 10.0. The maximum atomic E-state index is 14.0. The lowest BCUT2D eigenvalue weighted by Gasteiger charge is -2.23. The fourth-order valence-electron chi connectivity index (χ4n) is 9.06. The van der Waals surface area contributed by atoms with E-state index in [4.69, 9.17) is 9.47 Å². The number of carbonyl (C=O) groups excluding carboxylic acids is 3. The Labute approximate surface area is 393 Å². The van der Waals surface area contributed by atoms with Crippen molar-refractivity contribution in [3.8, 4) is 0 Å². The number of nitrogens with one attached hydrogen (secondary N) is 1. The number of ether oxygens (including phenoxy) is 2. The fraction of sp³-hybridized carbons (Fsp3) is 0.947. The van der Waals surface area contributed by atoms with E-state index in [-0.39, 0.29) is 42.9 Å². The summed E-state index contributed by atoms with van der Waals surface area (Å²) in [6.07, 6.45) is 52.3. The van der Waals surface area contributed by atoms with E-state index in [1.807, 2.05) is 0 Å². The highest BCUT2D eigenvalue weighted by molar-refractivity contribution is 5.85. The molecule has 1 N–H and O–H groups in total. The Bertz CT molecular complexity index is 970. The van der Waals surface area contributed by atoms with Crippen LogP contribution in [0, 0.1) is 0 Å². The molecule has 0 radical (unpaired) electrons. The standard InChI is InChI=1S/C57H111NO5/c1-6-11-16-21-25-28-31-33-38-43-48-53(47-40-35-20-15-10-5)63-57(61)54(58-55(59)49-44-39-34-30-27-23-18-13-8-3)50-51-56(60)62-52(45-41-36-24-19-14-9-4)46-42-37-32-29-26-22-17-12-7-2/h52-54H,6-51H2,1-5H3,(H,58,59)/t52?,53?,54-/m0/s1. The van der Waals surface area contributed by atoms with Crippen molar-refractivity contribution in [1.29, 1.82) is 0 Å². The summed E-state index contributed by atoms with van der Waals surface area (Å²) in [5, 5.41) is 3.06. The van der Waals surface area contributed by atoms with Crippen LogP contribution in [0.3, 0.4) is 0 Å². The van der Waals surface area contributed by atoms with Gasteiger partial charge in [-0.05, 0) is 64.2 Å². The second kappa shape index (κ2) is 49.8. The van der Waals surface area contributed by atoms with Gasteiger partial charge >= 0.3 is 11.9 Å². The number of amides is 1. The summed E-state index contributed by atoms with van der Waals surface area (Å²) in [4.78, 5) is 40.9. The summed E-state index contributed by atoms with van der Waals surface area (Å²) >= 11 is 0. The fourth-order valence-corrected chi connectivity index (χ4v) is 9.06. The normalized spacial score (nSPS) is 12.9. The molecular weight excluding hydrogens is 779 g/mol. The van der Waals surface area contributed by atoms with Gasteiger partial charge in [0.1, 0.15) is 18.2 Å². The van der Waals surface area contributed by atoms with Crippen LogP contribution in [0.2, 0.25) is 0 Å². The SMILES string of the molecule is CCCCCCCCCCCCC(CCCCCCC)OC(=O)[C@H](CCC(=O)OC(CCCCCCCC)CCCCCCCCCCC)NC(=O)CCCCCCCCCCC. The first-order valence-corrected chi connectivity index (χ1v) is 28.6. The molecule has 63 heavy (non-hydrogen) atoms. The molecule has 0 heterocycles. The van der Waals surface area contributed by atoms with E-state index in [2.05, 4.69) is 39.9 Å². The summed E-state index contributed by atoms with van der Waals surface area (Å²) in [7, 11) is 0. The lowest BCUT2D eigenvalue weighted by Crippen LogP contribution is -2.43. The molecule has 0 aliphatic heterocycles. The van der Waals surface area contributed by atoms with Gasteiger partial charge < -0.3 is 14.8 Å². The smallest absolute Gasteiger partial charge is 0.328 e. The Morgan fingerprint density at radius 1 is 0.317 bits per heavy atom. The van der Waals surface area contributed by atoms with E-state index in [1.54, 1.807) is 0 Å². The maximum absolute atomic E-state index is 14.0. The Kier molecular flexibility index (Phi) is 48.6. The minimum absolute atomic E-state index is 0.0713. The van der Waals surface area contributed by atoms with Crippen LogP contribution in [-0.2, 0) is 23.9 Å². The first kappa shape index (κ1) is 61.4. The van der Waals surface area contributed by atoms with Gasteiger partial charge in [0.05, 0.1) is 0 Å². The van der Waals surface area contributed by atoms with Crippen LogP contribution < -0.4 is 5.32 Å². The van der Waals surface area contributed by atoms with Crippen LogP contribution in [0.5, 0.6) is 0 Å². The molecule has 0 aromatic rings. The van der Waals surface area contributed by atoms with Crippen molar-refractivity contribution in [1.82, 2.24) is 5.32 Å². The number of carbonyl (C=O) groups is 3. The van der Waals surface area contributed by atoms with Gasteiger partial charge in [-0.25, -0.2) is 4.79 Å². The molecule has 0 aliphatic rings. The summed E-state index contributed by atoms with van der Waals surface area (Å²) < 4.78 is 12.5. The average molecular weight is 891 g/mol. The predicted octanol–water partition coefficient (Wildman–Crippen LogP) is 18.3. The van der Waals surface area contributed by atoms with Crippen LogP contribution in [0.15, 0.2) is 0 Å². The molecule has 6 heteroatoms. The molecule has 0 rings (SSSR count). The number of hydrogen-bond donors (Lipinski definition) is 1. The van der Waals surface area contributed by atoms with Gasteiger partial charge in [0, 0.05) is 12.8 Å². The number of unbranched alkanes of at least 4 members (excludes halogenated alkanes) is 34. The van der Waals surface area contributed by atoms with Crippen LogP contribution in [0.4, 0.5) is 0 Å². The van der Waals surface area contributed by atoms with Crippen LogP contribution in [0.25, 0.3) is 0 Å². The molecule has 2 unspecified atom stereocenters. The molecule has 0 bridgehead atoms. The van der Waals surface area contributed by atoms with E-state index in [1.165, 1.54) is 199 Å². The first-order chi connectivity index (χ1) is 30.9. The van der Waals surface area contributed by atoms with Gasteiger partial charge in [-0.15, -0.1) is 0 Å². The third kappa shape index (κ3) is 44.0. The molecule has 0 aromatic carbocycles. The Balaban J connectivity index is 5.51. The molecular formula is C57H111NO5. The van der Waals surface area contributed by atoms with Gasteiger partial charge in [0.2, 0.25) is 5.91 Å². The molecule has 0 saturated carbocycles. The third-order valence-electron chi connectivity index (χ3n) is 13.4. The molecule has 0 aliphatic carbocycles. The van der Waals surface area contributed by atoms with Crippen molar-refractivity contribution in [2.24, 2.45) is 0 Å². The van der Waals surface area contributed by atoms with Gasteiger partial charge in [-0.1, -0.05) is 253 Å². The molecule has 3 atom stereocenters. The zero-order valence-corrected chi connectivity index (χ0v) is 43.3. The topological polar surface area (TPSA) is 81.7 Å². The number of rotatable bonds is 51. The van der Waals surface area contributed by atoms with Crippen LogP contribution >= 0.6 is 0 Å². The molecule has 0 fully saturated rings. The lowest BCUT2D eigenvalue weighted by molar-refractivity contribution is -0.155. The maximum Gasteiger partial charge on any atom is 0.328 e. The van der Waals surface area contributed by atoms with Gasteiger partial charge in [0.25, 0.3) is 0 Å². The second-order valence-electron chi connectivity index (χ2n) is 19.8. The van der Waals surface area contributed by atoms with Crippen molar-refractivity contribution >= 4 is 17.8 Å². The molecule has 1 amide bonds. The van der Waals surface area contributed by atoms with E-state index >= 15 is 0 Å².